The second-order valence-corrected chi connectivity index (χ2v) is 8.27. The first-order valence-electron chi connectivity index (χ1n) is 10.4. The lowest BCUT2D eigenvalue weighted by Crippen LogP contribution is -2.49. The number of ether oxygens (including phenoxy) is 2. The molecule has 0 aliphatic heterocycles. The molecule has 2 amide bonds. The van der Waals surface area contributed by atoms with E-state index in [0.29, 0.717) is 23.7 Å². The largest absolute Gasteiger partial charge is 0.494 e. The summed E-state index contributed by atoms with van der Waals surface area (Å²) in [5, 5.41) is 4.51. The van der Waals surface area contributed by atoms with E-state index in [1.54, 1.807) is 30.3 Å². The van der Waals surface area contributed by atoms with Crippen LogP contribution >= 0.6 is 28.1 Å². The maximum atomic E-state index is 12.3. The number of amides is 2. The van der Waals surface area contributed by atoms with Crippen LogP contribution in [0.5, 0.6) is 11.5 Å². The fourth-order valence-electron chi connectivity index (χ4n) is 2.87. The molecule has 3 aromatic carbocycles. The van der Waals surface area contributed by atoms with Gasteiger partial charge >= 0.3 is 0 Å². The highest BCUT2D eigenvalue weighted by atomic mass is 79.9. The molecule has 0 aliphatic carbocycles. The van der Waals surface area contributed by atoms with Gasteiger partial charge in [0.15, 0.2) is 11.7 Å². The fourth-order valence-corrected chi connectivity index (χ4v) is 3.63. The summed E-state index contributed by atoms with van der Waals surface area (Å²) in [6, 6.07) is 18.3. The second-order valence-electron chi connectivity index (χ2n) is 7.07. The maximum Gasteiger partial charge on any atom is 0.276 e. The Hall–Kier alpha value is -3.17. The number of thiocarbonyl (C=S) groups is 1. The van der Waals surface area contributed by atoms with Crippen molar-refractivity contribution in [2.75, 3.05) is 13.2 Å². The highest BCUT2D eigenvalue weighted by molar-refractivity contribution is 9.10. The summed E-state index contributed by atoms with van der Waals surface area (Å²) < 4.78 is 11.9. The summed E-state index contributed by atoms with van der Waals surface area (Å²) in [6.45, 7) is 2.49. The average molecular weight is 530 g/mol. The van der Waals surface area contributed by atoms with Crippen LogP contribution in [0.1, 0.15) is 30.1 Å². The van der Waals surface area contributed by atoms with Gasteiger partial charge < -0.3 is 9.47 Å². The first-order valence-corrected chi connectivity index (χ1v) is 11.6. The molecule has 3 aromatic rings. The van der Waals surface area contributed by atoms with Crippen molar-refractivity contribution >= 4 is 55.8 Å². The topological polar surface area (TPSA) is 88.7 Å². The Morgan fingerprint density at radius 3 is 2.48 bits per heavy atom. The fraction of sp³-hybridized carbons (Fsp3) is 0.208. The molecule has 0 saturated carbocycles. The number of rotatable bonds is 8. The molecule has 33 heavy (non-hydrogen) atoms. The van der Waals surface area contributed by atoms with Gasteiger partial charge in [0, 0.05) is 5.56 Å². The van der Waals surface area contributed by atoms with Crippen molar-refractivity contribution in [3.63, 3.8) is 0 Å². The third-order valence-corrected chi connectivity index (χ3v) is 5.63. The molecule has 0 saturated heterocycles. The quantitative estimate of drug-likeness (QED) is 0.226. The summed E-state index contributed by atoms with van der Waals surface area (Å²) in [5.41, 5.74) is 5.31. The van der Waals surface area contributed by atoms with E-state index < -0.39 is 11.8 Å². The normalized spacial score (nSPS) is 10.4. The predicted molar refractivity (Wildman–Crippen MR) is 135 cm³/mol. The smallest absolute Gasteiger partial charge is 0.276 e. The van der Waals surface area contributed by atoms with Crippen molar-refractivity contribution in [3.8, 4) is 11.5 Å². The zero-order chi connectivity index (χ0) is 23.6. The highest BCUT2D eigenvalue weighted by Gasteiger charge is 2.11. The highest BCUT2D eigenvalue weighted by Crippen LogP contribution is 2.32. The third kappa shape index (κ3) is 7.16. The Kier molecular flexibility index (Phi) is 9.03. The molecule has 0 aromatic heterocycles. The Morgan fingerprint density at radius 1 is 0.970 bits per heavy atom. The van der Waals surface area contributed by atoms with Crippen LogP contribution in [0.4, 0.5) is 0 Å². The Morgan fingerprint density at radius 2 is 1.73 bits per heavy atom. The minimum absolute atomic E-state index is 0.0384. The van der Waals surface area contributed by atoms with Crippen LogP contribution in [0.15, 0.2) is 65.1 Å². The first-order chi connectivity index (χ1) is 16.0. The van der Waals surface area contributed by atoms with Gasteiger partial charge in [-0.1, -0.05) is 43.7 Å². The Bertz CT molecular complexity index is 1140. The lowest BCUT2D eigenvalue weighted by atomic mass is 10.1. The molecule has 3 rings (SSSR count). The second kappa shape index (κ2) is 12.2. The van der Waals surface area contributed by atoms with Gasteiger partial charge in [0.1, 0.15) is 11.5 Å². The van der Waals surface area contributed by atoms with Gasteiger partial charge in [-0.2, -0.15) is 0 Å². The summed E-state index contributed by atoms with van der Waals surface area (Å²) in [6.07, 6.45) is 2.02. The number of hydrazine groups is 1. The van der Waals surface area contributed by atoms with Gasteiger partial charge in [-0.3, -0.25) is 25.8 Å². The molecule has 0 spiro atoms. The molecular formula is C24H24BrN3O4S. The first kappa shape index (κ1) is 24.5. The van der Waals surface area contributed by atoms with Crippen molar-refractivity contribution < 1.29 is 19.1 Å². The lowest BCUT2D eigenvalue weighted by Gasteiger charge is -2.13. The number of carbonyl (C=O) groups excluding carboxylic acids is 2. The summed E-state index contributed by atoms with van der Waals surface area (Å²) in [7, 11) is 0. The lowest BCUT2D eigenvalue weighted by molar-refractivity contribution is -0.123. The molecule has 3 N–H and O–H groups in total. The average Bonchev–Trinajstić information content (AvgIpc) is 2.83. The SMILES string of the molecule is CCCCOc1ccc(C(=O)NC(=S)NNC(=O)COc2ccc3ccccc3c2Br)cc1. The molecule has 0 bridgehead atoms. The van der Waals surface area contributed by atoms with E-state index in [0.717, 1.165) is 28.1 Å². The van der Waals surface area contributed by atoms with Crippen molar-refractivity contribution in [2.24, 2.45) is 0 Å². The van der Waals surface area contributed by atoms with Gasteiger partial charge in [-0.05, 0) is 75.7 Å². The number of carbonyl (C=O) groups is 2. The van der Waals surface area contributed by atoms with Gasteiger partial charge in [0.05, 0.1) is 11.1 Å². The monoisotopic (exact) mass is 529 g/mol. The maximum absolute atomic E-state index is 12.3. The van der Waals surface area contributed by atoms with Crippen molar-refractivity contribution in [2.45, 2.75) is 19.8 Å². The Balaban J connectivity index is 1.42. The van der Waals surface area contributed by atoms with E-state index >= 15 is 0 Å². The number of hydrogen-bond donors (Lipinski definition) is 3. The van der Waals surface area contributed by atoms with Gasteiger partial charge in [0.2, 0.25) is 0 Å². The number of nitrogens with one attached hydrogen (secondary N) is 3. The van der Waals surface area contributed by atoms with Crippen LogP contribution in [-0.4, -0.2) is 30.1 Å². The summed E-state index contributed by atoms with van der Waals surface area (Å²) in [5.74, 6) is 0.381. The molecular weight excluding hydrogens is 506 g/mol. The van der Waals surface area contributed by atoms with E-state index in [9.17, 15) is 9.59 Å². The molecule has 172 valence electrons. The zero-order valence-electron chi connectivity index (χ0n) is 18.0. The van der Waals surface area contributed by atoms with Crippen LogP contribution in [0.2, 0.25) is 0 Å². The van der Waals surface area contributed by atoms with Crippen molar-refractivity contribution in [3.05, 3.63) is 70.7 Å². The van der Waals surface area contributed by atoms with Crippen LogP contribution in [0.3, 0.4) is 0 Å². The number of benzene rings is 3. The molecule has 0 radical (unpaired) electrons. The molecule has 0 heterocycles. The van der Waals surface area contributed by atoms with E-state index in [1.807, 2.05) is 30.3 Å². The molecule has 0 unspecified atom stereocenters. The van der Waals surface area contributed by atoms with Gasteiger partial charge in [-0.25, -0.2) is 0 Å². The van der Waals surface area contributed by atoms with Gasteiger partial charge in [-0.15, -0.1) is 0 Å². The molecule has 0 fully saturated rings. The zero-order valence-corrected chi connectivity index (χ0v) is 20.4. The predicted octanol–water partition coefficient (Wildman–Crippen LogP) is 4.50. The van der Waals surface area contributed by atoms with Crippen LogP contribution in [0.25, 0.3) is 10.8 Å². The number of halogens is 1. The van der Waals surface area contributed by atoms with E-state index in [-0.39, 0.29) is 11.7 Å². The van der Waals surface area contributed by atoms with E-state index in [4.69, 9.17) is 21.7 Å². The van der Waals surface area contributed by atoms with Crippen LogP contribution in [0, 0.1) is 0 Å². The number of hydrogen-bond acceptors (Lipinski definition) is 5. The Labute approximate surface area is 205 Å². The van der Waals surface area contributed by atoms with E-state index in [1.165, 1.54) is 0 Å². The third-order valence-electron chi connectivity index (χ3n) is 4.61. The molecule has 0 aliphatic rings. The van der Waals surface area contributed by atoms with Crippen molar-refractivity contribution in [1.82, 2.24) is 16.2 Å². The van der Waals surface area contributed by atoms with Crippen molar-refractivity contribution in [1.29, 1.82) is 0 Å². The number of fused-ring (bicyclic) bond motifs is 1. The summed E-state index contributed by atoms with van der Waals surface area (Å²) in [4.78, 5) is 24.4. The molecule has 0 atom stereocenters. The molecule has 7 nitrogen and oxygen atoms in total. The van der Waals surface area contributed by atoms with Gasteiger partial charge in [0.25, 0.3) is 11.8 Å². The van der Waals surface area contributed by atoms with Crippen LogP contribution < -0.4 is 25.6 Å². The summed E-state index contributed by atoms with van der Waals surface area (Å²) >= 11 is 8.58. The van der Waals surface area contributed by atoms with Crippen LogP contribution in [-0.2, 0) is 4.79 Å². The minimum Gasteiger partial charge on any atom is -0.494 e. The minimum atomic E-state index is -0.458. The van der Waals surface area contributed by atoms with E-state index in [2.05, 4.69) is 39.0 Å². The molecule has 9 heteroatoms. The number of unbranched alkanes of at least 4 members (excludes halogenated alkanes) is 1. The standard InChI is InChI=1S/C24H24BrN3O4S/c1-2-3-14-31-18-11-8-17(9-12-18)23(30)26-24(33)28-27-21(29)15-32-20-13-10-16-6-4-5-7-19(16)22(20)25/h4-13H,2-3,14-15H2,1H3,(H,27,29)(H2,26,28,30,33).